The molecule has 0 atom stereocenters. The van der Waals surface area contributed by atoms with Crippen LogP contribution in [0.2, 0.25) is 0 Å². The second-order valence-corrected chi connectivity index (χ2v) is 7.51. The minimum absolute atomic E-state index is 0.0479. The Kier molecular flexibility index (Phi) is 6.06. The lowest BCUT2D eigenvalue weighted by Crippen LogP contribution is -2.17. The minimum atomic E-state index is -4.62. The zero-order chi connectivity index (χ0) is 24.5. The van der Waals surface area contributed by atoms with Crippen molar-refractivity contribution in [2.75, 3.05) is 10.6 Å². The number of benzene rings is 2. The Morgan fingerprint density at radius 1 is 1.00 bits per heavy atom. The van der Waals surface area contributed by atoms with Crippen LogP contribution in [0.3, 0.4) is 0 Å². The Bertz CT molecular complexity index is 1380. The minimum Gasteiger partial charge on any atom is -0.325 e. The van der Waals surface area contributed by atoms with Crippen LogP contribution in [0.5, 0.6) is 0 Å². The van der Waals surface area contributed by atoms with E-state index in [1.165, 1.54) is 13.1 Å². The largest absolute Gasteiger partial charge is 0.416 e. The van der Waals surface area contributed by atoms with Crippen molar-refractivity contribution in [3.63, 3.8) is 0 Å². The van der Waals surface area contributed by atoms with E-state index in [0.29, 0.717) is 23.3 Å². The highest BCUT2D eigenvalue weighted by atomic mass is 19.4. The summed E-state index contributed by atoms with van der Waals surface area (Å²) in [5, 5.41) is 9.69. The molecule has 2 N–H and O–H groups in total. The number of hydrogen-bond donors (Lipinski definition) is 2. The van der Waals surface area contributed by atoms with Crippen LogP contribution in [0.15, 0.2) is 60.8 Å². The molecule has 2 amide bonds. The number of nitrogens with zero attached hydrogens (tertiary/aromatic N) is 3. The molecule has 174 valence electrons. The third kappa shape index (κ3) is 4.61. The van der Waals surface area contributed by atoms with E-state index in [1.54, 1.807) is 10.7 Å². The zero-order valence-electron chi connectivity index (χ0n) is 18.3. The van der Waals surface area contributed by atoms with Crippen molar-refractivity contribution in [1.82, 2.24) is 14.8 Å². The molecule has 2 heterocycles. The van der Waals surface area contributed by atoms with Crippen LogP contribution in [0.1, 0.15) is 29.8 Å². The van der Waals surface area contributed by atoms with Crippen LogP contribution in [-0.2, 0) is 17.5 Å². The smallest absolute Gasteiger partial charge is 0.325 e. The molecule has 0 fully saturated rings. The molecule has 34 heavy (non-hydrogen) atoms. The second kappa shape index (κ2) is 8.97. The molecule has 0 bridgehead atoms. The number of carbonyl (C=O) groups excluding carboxylic acids is 2. The van der Waals surface area contributed by atoms with E-state index in [4.69, 9.17) is 0 Å². The standard InChI is InChI=1S/C24H20F3N5O2/c1-3-32-22-18(13-28-32)17(12-20(30-22)15-7-5-4-6-8-15)23(34)31-21-11-16(24(25,26)27)9-10-19(21)29-14(2)33/h4-13H,3H2,1-2H3,(H,29,33)(H,31,34). The van der Waals surface area contributed by atoms with Crippen molar-refractivity contribution < 1.29 is 22.8 Å². The maximum absolute atomic E-state index is 13.3. The molecule has 0 saturated heterocycles. The third-order valence-corrected chi connectivity index (χ3v) is 5.13. The number of fused-ring (bicyclic) bond motifs is 1. The number of carbonyl (C=O) groups is 2. The van der Waals surface area contributed by atoms with Crippen molar-refractivity contribution in [2.45, 2.75) is 26.6 Å². The number of halogens is 3. The number of hydrogen-bond acceptors (Lipinski definition) is 4. The fourth-order valence-corrected chi connectivity index (χ4v) is 3.54. The van der Waals surface area contributed by atoms with Crippen LogP contribution >= 0.6 is 0 Å². The molecule has 2 aromatic heterocycles. The number of rotatable bonds is 5. The maximum Gasteiger partial charge on any atom is 0.416 e. The van der Waals surface area contributed by atoms with Gasteiger partial charge < -0.3 is 10.6 Å². The molecule has 4 aromatic rings. The van der Waals surface area contributed by atoms with E-state index in [1.807, 2.05) is 37.3 Å². The van der Waals surface area contributed by atoms with Gasteiger partial charge in [-0.05, 0) is 31.2 Å². The third-order valence-electron chi connectivity index (χ3n) is 5.13. The summed E-state index contributed by atoms with van der Waals surface area (Å²) in [5.41, 5.74) is 0.853. The number of nitrogens with one attached hydrogen (secondary N) is 2. The van der Waals surface area contributed by atoms with Crippen LogP contribution in [-0.4, -0.2) is 26.6 Å². The lowest BCUT2D eigenvalue weighted by molar-refractivity contribution is -0.137. The number of anilines is 2. The quantitative estimate of drug-likeness (QED) is 0.414. The van der Waals surface area contributed by atoms with Gasteiger partial charge in [0.05, 0.1) is 39.8 Å². The second-order valence-electron chi connectivity index (χ2n) is 7.51. The van der Waals surface area contributed by atoms with Crippen LogP contribution < -0.4 is 10.6 Å². The Morgan fingerprint density at radius 3 is 2.38 bits per heavy atom. The van der Waals surface area contributed by atoms with E-state index in [2.05, 4.69) is 20.7 Å². The lowest BCUT2D eigenvalue weighted by atomic mass is 10.1. The normalized spacial score (nSPS) is 11.4. The van der Waals surface area contributed by atoms with E-state index < -0.39 is 23.6 Å². The SMILES string of the molecule is CCn1ncc2c(C(=O)Nc3cc(C(F)(F)F)ccc3NC(C)=O)cc(-c3ccccc3)nc21. The molecule has 7 nitrogen and oxygen atoms in total. The molecule has 0 aliphatic heterocycles. The van der Waals surface area contributed by atoms with Crippen molar-refractivity contribution in [3.05, 3.63) is 71.9 Å². The van der Waals surface area contributed by atoms with Gasteiger partial charge in [-0.2, -0.15) is 18.3 Å². The molecule has 0 unspecified atom stereocenters. The Labute approximate surface area is 192 Å². The van der Waals surface area contributed by atoms with Crippen molar-refractivity contribution in [2.24, 2.45) is 0 Å². The summed E-state index contributed by atoms with van der Waals surface area (Å²) in [7, 11) is 0. The first-order valence-electron chi connectivity index (χ1n) is 10.4. The van der Waals surface area contributed by atoms with E-state index in [-0.39, 0.29) is 16.9 Å². The highest BCUT2D eigenvalue weighted by Crippen LogP contribution is 2.35. The van der Waals surface area contributed by atoms with E-state index in [0.717, 1.165) is 23.8 Å². The van der Waals surface area contributed by atoms with Gasteiger partial charge in [-0.1, -0.05) is 30.3 Å². The van der Waals surface area contributed by atoms with Gasteiger partial charge in [0.15, 0.2) is 5.65 Å². The predicted molar refractivity (Wildman–Crippen MR) is 122 cm³/mol. The van der Waals surface area contributed by atoms with Gasteiger partial charge in [-0.15, -0.1) is 0 Å². The fraction of sp³-hybridized carbons (Fsp3) is 0.167. The Balaban J connectivity index is 1.82. The van der Waals surface area contributed by atoms with Crippen molar-refractivity contribution >= 4 is 34.2 Å². The molecule has 0 spiro atoms. The number of aromatic nitrogens is 3. The maximum atomic E-state index is 13.3. The number of amides is 2. The molecule has 10 heteroatoms. The molecule has 2 aromatic carbocycles. The number of aryl methyl sites for hydroxylation is 1. The molecule has 4 rings (SSSR count). The Morgan fingerprint density at radius 2 is 1.74 bits per heavy atom. The van der Waals surface area contributed by atoms with Gasteiger partial charge in [0, 0.05) is 19.0 Å². The summed E-state index contributed by atoms with van der Waals surface area (Å²) in [6, 6.07) is 13.5. The highest BCUT2D eigenvalue weighted by molar-refractivity contribution is 6.14. The Hall–Kier alpha value is -4.21. The van der Waals surface area contributed by atoms with Gasteiger partial charge in [0.1, 0.15) is 0 Å². The van der Waals surface area contributed by atoms with Crippen molar-refractivity contribution in [3.8, 4) is 11.3 Å². The van der Waals surface area contributed by atoms with Crippen molar-refractivity contribution in [1.29, 1.82) is 0 Å². The van der Waals surface area contributed by atoms with Crippen LogP contribution in [0.25, 0.3) is 22.3 Å². The van der Waals surface area contributed by atoms with E-state index in [9.17, 15) is 22.8 Å². The molecule has 0 saturated carbocycles. The topological polar surface area (TPSA) is 88.9 Å². The van der Waals surface area contributed by atoms with E-state index >= 15 is 0 Å². The van der Waals surface area contributed by atoms with Gasteiger partial charge in [-0.3, -0.25) is 9.59 Å². The molecule has 0 aliphatic carbocycles. The molecular weight excluding hydrogens is 447 g/mol. The van der Waals surface area contributed by atoms with Gasteiger partial charge in [0.25, 0.3) is 5.91 Å². The summed E-state index contributed by atoms with van der Waals surface area (Å²) in [4.78, 5) is 29.5. The first kappa shape index (κ1) is 23.0. The lowest BCUT2D eigenvalue weighted by Gasteiger charge is -2.15. The summed E-state index contributed by atoms with van der Waals surface area (Å²) < 4.78 is 41.5. The highest BCUT2D eigenvalue weighted by Gasteiger charge is 2.31. The molecular formula is C24H20F3N5O2. The summed E-state index contributed by atoms with van der Waals surface area (Å²) >= 11 is 0. The average molecular weight is 467 g/mol. The first-order valence-corrected chi connectivity index (χ1v) is 10.4. The predicted octanol–water partition coefficient (Wildman–Crippen LogP) is 5.35. The van der Waals surface area contributed by atoms with Gasteiger partial charge in [-0.25, -0.2) is 9.67 Å². The number of alkyl halides is 3. The molecule has 0 radical (unpaired) electrons. The summed E-state index contributed by atoms with van der Waals surface area (Å²) in [6.45, 7) is 3.61. The average Bonchev–Trinajstić information content (AvgIpc) is 3.22. The summed E-state index contributed by atoms with van der Waals surface area (Å²) in [5.74, 6) is -1.15. The zero-order valence-corrected chi connectivity index (χ0v) is 18.3. The summed E-state index contributed by atoms with van der Waals surface area (Å²) in [6.07, 6.45) is -3.13. The number of pyridine rings is 1. The van der Waals surface area contributed by atoms with Crippen LogP contribution in [0.4, 0.5) is 24.5 Å². The monoisotopic (exact) mass is 467 g/mol. The first-order chi connectivity index (χ1) is 16.2. The molecule has 0 aliphatic rings. The van der Waals surface area contributed by atoms with Crippen LogP contribution in [0, 0.1) is 0 Å². The van der Waals surface area contributed by atoms with Gasteiger partial charge in [0.2, 0.25) is 5.91 Å². The fourth-order valence-electron chi connectivity index (χ4n) is 3.54. The van der Waals surface area contributed by atoms with Gasteiger partial charge >= 0.3 is 6.18 Å².